The van der Waals surface area contributed by atoms with E-state index in [0.717, 1.165) is 30.6 Å². The molecule has 0 heterocycles. The predicted octanol–water partition coefficient (Wildman–Crippen LogP) is 5.70. The second-order valence-electron chi connectivity index (χ2n) is 7.06. The molecule has 1 fully saturated rings. The largest absolute Gasteiger partial charge is 0.207 e. The summed E-state index contributed by atoms with van der Waals surface area (Å²) in [4.78, 5) is 0. The maximum Gasteiger partial charge on any atom is 0.123 e. The minimum Gasteiger partial charge on any atom is -0.207 e. The van der Waals surface area contributed by atoms with E-state index in [0.29, 0.717) is 0 Å². The standard InChI is InChI=1S/C20H27F/c1-2-3-4-15-5-7-16(8-6-15)18-10-9-17-11-12-20(21)14-19(17)13-18/h2,11-12,14-16,18H,1,3-10,13H2. The van der Waals surface area contributed by atoms with Crippen LogP contribution in [0.5, 0.6) is 0 Å². The number of benzene rings is 1. The third-order valence-corrected chi connectivity index (χ3v) is 5.77. The highest BCUT2D eigenvalue weighted by Gasteiger charge is 2.29. The molecule has 21 heavy (non-hydrogen) atoms. The lowest BCUT2D eigenvalue weighted by Gasteiger charge is -2.36. The van der Waals surface area contributed by atoms with E-state index in [1.807, 2.05) is 6.07 Å². The van der Waals surface area contributed by atoms with E-state index in [9.17, 15) is 4.39 Å². The lowest BCUT2D eigenvalue weighted by atomic mass is 9.69. The van der Waals surface area contributed by atoms with E-state index in [4.69, 9.17) is 0 Å². The fraction of sp³-hybridized carbons (Fsp3) is 0.600. The van der Waals surface area contributed by atoms with Crippen molar-refractivity contribution in [1.29, 1.82) is 0 Å². The third-order valence-electron chi connectivity index (χ3n) is 5.77. The zero-order chi connectivity index (χ0) is 14.7. The highest BCUT2D eigenvalue weighted by molar-refractivity contribution is 5.30. The molecule has 0 amide bonds. The van der Waals surface area contributed by atoms with Crippen molar-refractivity contribution in [3.05, 3.63) is 47.8 Å². The van der Waals surface area contributed by atoms with Crippen molar-refractivity contribution in [1.82, 2.24) is 0 Å². The molecule has 0 bridgehead atoms. The number of hydrogen-bond donors (Lipinski definition) is 0. The average molecular weight is 286 g/mol. The van der Waals surface area contributed by atoms with Gasteiger partial charge in [-0.15, -0.1) is 6.58 Å². The van der Waals surface area contributed by atoms with Crippen LogP contribution in [-0.2, 0) is 12.8 Å². The first-order chi connectivity index (χ1) is 10.3. The first kappa shape index (κ1) is 14.8. The first-order valence-corrected chi connectivity index (χ1v) is 8.64. The average Bonchev–Trinajstić information content (AvgIpc) is 2.52. The van der Waals surface area contributed by atoms with Gasteiger partial charge in [0.25, 0.3) is 0 Å². The molecular weight excluding hydrogens is 259 g/mol. The van der Waals surface area contributed by atoms with E-state index in [1.165, 1.54) is 56.1 Å². The van der Waals surface area contributed by atoms with Crippen molar-refractivity contribution >= 4 is 0 Å². The molecular formula is C20H27F. The van der Waals surface area contributed by atoms with Crippen LogP contribution in [0.4, 0.5) is 4.39 Å². The highest BCUT2D eigenvalue weighted by Crippen LogP contribution is 2.40. The van der Waals surface area contributed by atoms with Gasteiger partial charge in [-0.1, -0.05) is 25.0 Å². The smallest absolute Gasteiger partial charge is 0.123 e. The van der Waals surface area contributed by atoms with Gasteiger partial charge in [-0.05, 0) is 86.0 Å². The summed E-state index contributed by atoms with van der Waals surface area (Å²) in [6.45, 7) is 3.83. The first-order valence-electron chi connectivity index (χ1n) is 8.64. The van der Waals surface area contributed by atoms with E-state index in [-0.39, 0.29) is 5.82 Å². The molecule has 0 N–H and O–H groups in total. The van der Waals surface area contributed by atoms with Crippen molar-refractivity contribution in [3.63, 3.8) is 0 Å². The van der Waals surface area contributed by atoms with Crippen LogP contribution in [-0.4, -0.2) is 0 Å². The lowest BCUT2D eigenvalue weighted by molar-refractivity contribution is 0.185. The van der Waals surface area contributed by atoms with Crippen LogP contribution in [0.2, 0.25) is 0 Å². The second-order valence-corrected chi connectivity index (χ2v) is 7.06. The Labute approximate surface area is 128 Å². The van der Waals surface area contributed by atoms with Crippen molar-refractivity contribution in [2.75, 3.05) is 0 Å². The Kier molecular flexibility index (Phi) is 4.77. The number of aryl methyl sites for hydroxylation is 1. The Morgan fingerprint density at radius 2 is 1.86 bits per heavy atom. The number of halogens is 1. The molecule has 0 aromatic heterocycles. The van der Waals surface area contributed by atoms with E-state index >= 15 is 0 Å². The molecule has 0 spiro atoms. The van der Waals surface area contributed by atoms with Gasteiger partial charge >= 0.3 is 0 Å². The molecule has 114 valence electrons. The molecule has 2 aliphatic carbocycles. The Balaban J connectivity index is 1.56. The van der Waals surface area contributed by atoms with Crippen LogP contribution in [0.25, 0.3) is 0 Å². The van der Waals surface area contributed by atoms with E-state index in [1.54, 1.807) is 12.1 Å². The molecule has 3 rings (SSSR count). The fourth-order valence-corrected chi connectivity index (χ4v) is 4.46. The quantitative estimate of drug-likeness (QED) is 0.622. The van der Waals surface area contributed by atoms with Gasteiger partial charge in [-0.25, -0.2) is 4.39 Å². The van der Waals surface area contributed by atoms with Crippen LogP contribution in [0, 0.1) is 23.6 Å². The van der Waals surface area contributed by atoms with Crippen molar-refractivity contribution in [2.24, 2.45) is 17.8 Å². The van der Waals surface area contributed by atoms with Crippen molar-refractivity contribution < 1.29 is 4.39 Å². The van der Waals surface area contributed by atoms with Gasteiger partial charge in [0, 0.05) is 0 Å². The molecule has 0 nitrogen and oxygen atoms in total. The summed E-state index contributed by atoms with van der Waals surface area (Å²) >= 11 is 0. The van der Waals surface area contributed by atoms with Crippen LogP contribution < -0.4 is 0 Å². The normalized spacial score (nSPS) is 28.9. The van der Waals surface area contributed by atoms with Gasteiger partial charge in [0.1, 0.15) is 5.82 Å². The minimum absolute atomic E-state index is 0.0671. The molecule has 1 unspecified atom stereocenters. The van der Waals surface area contributed by atoms with Crippen molar-refractivity contribution in [3.8, 4) is 0 Å². The van der Waals surface area contributed by atoms with Gasteiger partial charge in [-0.3, -0.25) is 0 Å². The van der Waals surface area contributed by atoms with Gasteiger partial charge < -0.3 is 0 Å². The molecule has 0 aliphatic heterocycles. The molecule has 1 aromatic rings. The Morgan fingerprint density at radius 3 is 2.62 bits per heavy atom. The van der Waals surface area contributed by atoms with Gasteiger partial charge in [-0.2, -0.15) is 0 Å². The number of allylic oxidation sites excluding steroid dienone is 1. The second kappa shape index (κ2) is 6.77. The molecule has 2 aliphatic rings. The summed E-state index contributed by atoms with van der Waals surface area (Å²) in [5.41, 5.74) is 2.66. The molecule has 1 heteroatoms. The van der Waals surface area contributed by atoms with Crippen LogP contribution >= 0.6 is 0 Å². The zero-order valence-corrected chi connectivity index (χ0v) is 13.0. The topological polar surface area (TPSA) is 0 Å². The summed E-state index contributed by atoms with van der Waals surface area (Å²) in [6, 6.07) is 5.38. The highest BCUT2D eigenvalue weighted by atomic mass is 19.1. The summed E-state index contributed by atoms with van der Waals surface area (Å²) in [7, 11) is 0. The third kappa shape index (κ3) is 3.56. The van der Waals surface area contributed by atoms with Gasteiger partial charge in [0.2, 0.25) is 0 Å². The monoisotopic (exact) mass is 286 g/mol. The molecule has 0 saturated heterocycles. The molecule has 0 radical (unpaired) electrons. The Bertz CT molecular complexity index is 483. The maximum absolute atomic E-state index is 13.4. The number of fused-ring (bicyclic) bond motifs is 1. The fourth-order valence-electron chi connectivity index (χ4n) is 4.46. The Hall–Kier alpha value is -1.11. The van der Waals surface area contributed by atoms with E-state index in [2.05, 4.69) is 12.7 Å². The lowest BCUT2D eigenvalue weighted by Crippen LogP contribution is -2.26. The molecule has 1 aromatic carbocycles. The summed E-state index contributed by atoms with van der Waals surface area (Å²) in [5.74, 6) is 2.52. The van der Waals surface area contributed by atoms with Gasteiger partial charge in [0.05, 0.1) is 0 Å². The maximum atomic E-state index is 13.4. The van der Waals surface area contributed by atoms with Gasteiger partial charge in [0.15, 0.2) is 0 Å². The summed E-state index contributed by atoms with van der Waals surface area (Å²) in [6.07, 6.45) is 13.7. The van der Waals surface area contributed by atoms with Crippen LogP contribution in [0.3, 0.4) is 0 Å². The summed E-state index contributed by atoms with van der Waals surface area (Å²) < 4.78 is 13.4. The predicted molar refractivity (Wildman–Crippen MR) is 86.8 cm³/mol. The Morgan fingerprint density at radius 1 is 1.05 bits per heavy atom. The van der Waals surface area contributed by atoms with Crippen molar-refractivity contribution in [2.45, 2.75) is 57.8 Å². The van der Waals surface area contributed by atoms with Crippen LogP contribution in [0.1, 0.15) is 56.1 Å². The molecule has 1 saturated carbocycles. The minimum atomic E-state index is -0.0671. The number of rotatable bonds is 4. The number of hydrogen-bond acceptors (Lipinski definition) is 0. The summed E-state index contributed by atoms with van der Waals surface area (Å²) in [5, 5.41) is 0. The zero-order valence-electron chi connectivity index (χ0n) is 13.0. The SMILES string of the molecule is C=CCCC1CCC(C2CCc3ccc(F)cc3C2)CC1. The van der Waals surface area contributed by atoms with E-state index < -0.39 is 0 Å². The molecule has 1 atom stereocenters. The van der Waals surface area contributed by atoms with Crippen LogP contribution in [0.15, 0.2) is 30.9 Å².